The quantitative estimate of drug-likeness (QED) is 0.698. The molecule has 0 aliphatic heterocycles. The Labute approximate surface area is 155 Å². The highest BCUT2D eigenvalue weighted by Crippen LogP contribution is 2.20. The van der Waals surface area contributed by atoms with Crippen molar-refractivity contribution in [2.75, 3.05) is 37.2 Å². The minimum atomic E-state index is -3.67. The average molecular weight is 378 g/mol. The molecule has 2 aromatic rings. The molecule has 0 aliphatic rings. The third-order valence-electron chi connectivity index (χ3n) is 3.39. The van der Waals surface area contributed by atoms with Crippen LogP contribution in [0.1, 0.15) is 13.8 Å². The van der Waals surface area contributed by atoms with Crippen LogP contribution in [-0.2, 0) is 10.0 Å². The Morgan fingerprint density at radius 2 is 1.81 bits per heavy atom. The topological polar surface area (TPSA) is 83.6 Å². The number of aromatic nitrogens is 1. The van der Waals surface area contributed by atoms with Crippen LogP contribution >= 0.6 is 0 Å². The lowest BCUT2D eigenvalue weighted by Gasteiger charge is -2.12. The van der Waals surface area contributed by atoms with Gasteiger partial charge in [-0.3, -0.25) is 4.72 Å². The van der Waals surface area contributed by atoms with Gasteiger partial charge in [0.1, 0.15) is 11.6 Å². The molecule has 0 aliphatic carbocycles. The first kappa shape index (κ1) is 20.0. The average Bonchev–Trinajstić information content (AvgIpc) is 2.56. The number of benzene rings is 1. The minimum Gasteiger partial charge on any atom is -0.491 e. The van der Waals surface area contributed by atoms with E-state index in [1.54, 1.807) is 24.3 Å². The molecule has 0 bridgehead atoms. The predicted octanol–water partition coefficient (Wildman–Crippen LogP) is 2.64. The van der Waals surface area contributed by atoms with E-state index in [1.807, 2.05) is 27.9 Å². The molecular weight excluding hydrogens is 352 g/mol. The maximum Gasteiger partial charge on any atom is 0.261 e. The van der Waals surface area contributed by atoms with E-state index in [0.29, 0.717) is 17.3 Å². The van der Waals surface area contributed by atoms with E-state index in [0.717, 1.165) is 13.1 Å². The van der Waals surface area contributed by atoms with Gasteiger partial charge in [-0.2, -0.15) is 0 Å². The van der Waals surface area contributed by atoms with Crippen molar-refractivity contribution < 1.29 is 13.2 Å². The fourth-order valence-electron chi connectivity index (χ4n) is 2.15. The van der Waals surface area contributed by atoms with Gasteiger partial charge in [0, 0.05) is 13.1 Å². The van der Waals surface area contributed by atoms with Crippen LogP contribution < -0.4 is 14.8 Å². The van der Waals surface area contributed by atoms with E-state index < -0.39 is 10.0 Å². The third-order valence-corrected chi connectivity index (χ3v) is 4.78. The fraction of sp³-hybridized carbons (Fsp3) is 0.389. The number of sulfonamides is 1. The Bertz CT molecular complexity index is 788. The van der Waals surface area contributed by atoms with Crippen LogP contribution in [0.4, 0.5) is 11.5 Å². The van der Waals surface area contributed by atoms with Crippen molar-refractivity contribution >= 4 is 21.5 Å². The second-order valence-electron chi connectivity index (χ2n) is 6.41. The summed E-state index contributed by atoms with van der Waals surface area (Å²) >= 11 is 0. The highest BCUT2D eigenvalue weighted by Gasteiger charge is 2.14. The summed E-state index contributed by atoms with van der Waals surface area (Å²) in [4.78, 5) is 6.45. The predicted molar refractivity (Wildman–Crippen MR) is 104 cm³/mol. The van der Waals surface area contributed by atoms with Crippen molar-refractivity contribution in [3.8, 4) is 5.75 Å². The molecular formula is C18H26N4O3S. The molecule has 1 aromatic carbocycles. The van der Waals surface area contributed by atoms with E-state index in [-0.39, 0.29) is 11.0 Å². The van der Waals surface area contributed by atoms with E-state index in [1.165, 1.54) is 18.3 Å². The second kappa shape index (κ2) is 8.86. The van der Waals surface area contributed by atoms with Crippen molar-refractivity contribution in [3.63, 3.8) is 0 Å². The Morgan fingerprint density at radius 3 is 2.35 bits per heavy atom. The van der Waals surface area contributed by atoms with Crippen LogP contribution in [0.2, 0.25) is 0 Å². The number of nitrogens with zero attached hydrogens (tertiary/aromatic N) is 2. The van der Waals surface area contributed by atoms with Gasteiger partial charge in [-0.25, -0.2) is 13.4 Å². The molecule has 0 fully saturated rings. The molecule has 2 N–H and O–H groups in total. The third kappa shape index (κ3) is 6.20. The molecule has 1 aromatic heterocycles. The smallest absolute Gasteiger partial charge is 0.261 e. The summed E-state index contributed by atoms with van der Waals surface area (Å²) in [5, 5.41) is 3.18. The van der Waals surface area contributed by atoms with Crippen LogP contribution in [0, 0.1) is 0 Å². The number of nitrogens with one attached hydrogen (secondary N) is 2. The molecule has 0 unspecified atom stereocenters. The van der Waals surface area contributed by atoms with Gasteiger partial charge in [0.25, 0.3) is 10.0 Å². The Balaban J connectivity index is 2.00. The van der Waals surface area contributed by atoms with Gasteiger partial charge >= 0.3 is 0 Å². The van der Waals surface area contributed by atoms with E-state index in [9.17, 15) is 8.42 Å². The fourth-order valence-corrected chi connectivity index (χ4v) is 3.19. The van der Waals surface area contributed by atoms with Crippen LogP contribution in [-0.4, -0.2) is 51.6 Å². The number of likely N-dealkylation sites (N-methyl/N-ethyl adjacent to an activating group) is 1. The zero-order valence-electron chi connectivity index (χ0n) is 15.6. The lowest BCUT2D eigenvalue weighted by molar-refractivity contribution is 0.242. The molecule has 2 rings (SSSR count). The first-order valence-corrected chi connectivity index (χ1v) is 9.89. The van der Waals surface area contributed by atoms with Crippen LogP contribution in [0.3, 0.4) is 0 Å². The van der Waals surface area contributed by atoms with Crippen molar-refractivity contribution in [3.05, 3.63) is 42.6 Å². The van der Waals surface area contributed by atoms with Crippen molar-refractivity contribution in [2.24, 2.45) is 0 Å². The monoisotopic (exact) mass is 378 g/mol. The number of rotatable bonds is 9. The van der Waals surface area contributed by atoms with Crippen LogP contribution in [0.5, 0.6) is 5.75 Å². The van der Waals surface area contributed by atoms with E-state index in [2.05, 4.69) is 19.9 Å². The molecule has 7 nitrogen and oxygen atoms in total. The van der Waals surface area contributed by atoms with Gasteiger partial charge < -0.3 is 15.0 Å². The molecule has 0 radical (unpaired) electrons. The number of ether oxygens (including phenoxy) is 1. The second-order valence-corrected chi connectivity index (χ2v) is 8.09. The van der Waals surface area contributed by atoms with Gasteiger partial charge in [0.2, 0.25) is 0 Å². The maximum atomic E-state index is 12.5. The normalized spacial score (nSPS) is 11.6. The number of hydrogen-bond donors (Lipinski definition) is 2. The van der Waals surface area contributed by atoms with Gasteiger partial charge in [0.15, 0.2) is 0 Å². The molecule has 8 heteroatoms. The minimum absolute atomic E-state index is 0.0338. The SMILES string of the molecule is CC(C)Oc1ccc(S(=O)(=O)Nc2ccc(NCCN(C)C)nc2)cc1. The number of pyridine rings is 1. The maximum absolute atomic E-state index is 12.5. The first-order chi connectivity index (χ1) is 12.3. The number of anilines is 2. The zero-order chi connectivity index (χ0) is 19.2. The highest BCUT2D eigenvalue weighted by atomic mass is 32.2. The molecule has 0 saturated carbocycles. The largest absolute Gasteiger partial charge is 0.491 e. The molecule has 26 heavy (non-hydrogen) atoms. The van der Waals surface area contributed by atoms with E-state index >= 15 is 0 Å². The number of hydrogen-bond acceptors (Lipinski definition) is 6. The van der Waals surface area contributed by atoms with Gasteiger partial charge in [-0.15, -0.1) is 0 Å². The summed E-state index contributed by atoms with van der Waals surface area (Å²) in [6.45, 7) is 5.47. The van der Waals surface area contributed by atoms with Crippen LogP contribution in [0.25, 0.3) is 0 Å². The van der Waals surface area contributed by atoms with Crippen LogP contribution in [0.15, 0.2) is 47.5 Å². The van der Waals surface area contributed by atoms with Gasteiger partial charge in [-0.1, -0.05) is 0 Å². The van der Waals surface area contributed by atoms with Gasteiger partial charge in [-0.05, 0) is 64.3 Å². The molecule has 0 amide bonds. The molecule has 0 atom stereocenters. The van der Waals surface area contributed by atoms with Crippen molar-refractivity contribution in [1.29, 1.82) is 0 Å². The van der Waals surface area contributed by atoms with Crippen molar-refractivity contribution in [2.45, 2.75) is 24.8 Å². The summed E-state index contributed by atoms with van der Waals surface area (Å²) in [5.74, 6) is 1.33. The summed E-state index contributed by atoms with van der Waals surface area (Å²) in [6, 6.07) is 9.75. The van der Waals surface area contributed by atoms with Gasteiger partial charge in [0.05, 0.1) is 22.9 Å². The van der Waals surface area contributed by atoms with E-state index in [4.69, 9.17) is 4.74 Å². The first-order valence-electron chi connectivity index (χ1n) is 8.40. The lowest BCUT2D eigenvalue weighted by Crippen LogP contribution is -2.21. The standard InChI is InChI=1S/C18H26N4O3S/c1-14(2)25-16-6-8-17(9-7-16)26(23,24)21-15-5-10-18(20-13-15)19-11-12-22(3)4/h5-10,13-14,21H,11-12H2,1-4H3,(H,19,20). The Hall–Kier alpha value is -2.32. The lowest BCUT2D eigenvalue weighted by atomic mass is 10.3. The molecule has 1 heterocycles. The summed E-state index contributed by atoms with van der Waals surface area (Å²) < 4.78 is 33.0. The van der Waals surface area contributed by atoms with Crippen molar-refractivity contribution in [1.82, 2.24) is 9.88 Å². The summed E-state index contributed by atoms with van der Waals surface area (Å²) in [5.41, 5.74) is 0.408. The molecule has 142 valence electrons. The molecule has 0 spiro atoms. The highest BCUT2D eigenvalue weighted by molar-refractivity contribution is 7.92. The molecule has 0 saturated heterocycles. The summed E-state index contributed by atoms with van der Waals surface area (Å²) in [6.07, 6.45) is 1.53. The summed E-state index contributed by atoms with van der Waals surface area (Å²) in [7, 11) is 0.317. The Kier molecular flexibility index (Phi) is 6.82. The Morgan fingerprint density at radius 1 is 1.12 bits per heavy atom. The zero-order valence-corrected chi connectivity index (χ0v) is 16.4.